The average molecular weight is 405 g/mol. The number of hydrogen-bond acceptors (Lipinski definition) is 6. The largest absolute Gasteiger partial charge is 0.497 e. The van der Waals surface area contributed by atoms with Crippen LogP contribution in [0, 0.1) is 0 Å². The highest BCUT2D eigenvalue weighted by Gasteiger charge is 2.50. The minimum absolute atomic E-state index is 0.194. The Morgan fingerprint density at radius 2 is 1.61 bits per heavy atom. The molecule has 0 bridgehead atoms. The van der Waals surface area contributed by atoms with Crippen molar-refractivity contribution in [3.8, 4) is 5.75 Å². The summed E-state index contributed by atoms with van der Waals surface area (Å²) < 4.78 is 32.6. The van der Waals surface area contributed by atoms with Crippen LogP contribution < -0.4 is 9.88 Å². The Bertz CT molecular complexity index is 950. The quantitative estimate of drug-likeness (QED) is 0.787. The van der Waals surface area contributed by atoms with E-state index in [4.69, 9.17) is 9.88 Å². The van der Waals surface area contributed by atoms with E-state index < -0.39 is 27.3 Å². The maximum atomic E-state index is 12.9. The third-order valence-corrected chi connectivity index (χ3v) is 5.83. The van der Waals surface area contributed by atoms with Gasteiger partial charge in [-0.25, -0.2) is 4.79 Å². The van der Waals surface area contributed by atoms with Gasteiger partial charge in [-0.15, -0.1) is 0 Å². The third kappa shape index (κ3) is 4.04. The highest BCUT2D eigenvalue weighted by molar-refractivity contribution is 7.84. The first-order chi connectivity index (χ1) is 13.2. The Balaban J connectivity index is 1.98. The zero-order valence-corrected chi connectivity index (χ0v) is 16.3. The predicted molar refractivity (Wildman–Crippen MR) is 103 cm³/mol. The van der Waals surface area contributed by atoms with E-state index in [1.807, 2.05) is 30.3 Å². The molecule has 1 fully saturated rings. The standard InChI is InChI=1S/C20H23NO6S/c1-26-17-9-5-8-16(14-17)19(18(22)27-28(21,24)25)10-12-20(23,13-11-19)15-6-3-2-4-7-15/h2-9,14,23H,10-13H2,1H3,(H2,21,24,25). The Labute approximate surface area is 164 Å². The number of carbonyl (C=O) groups is 1. The van der Waals surface area contributed by atoms with Crippen molar-refractivity contribution in [2.75, 3.05) is 7.11 Å². The summed E-state index contributed by atoms with van der Waals surface area (Å²) in [6, 6.07) is 16.1. The first kappa shape index (κ1) is 20.3. The van der Waals surface area contributed by atoms with Gasteiger partial charge in [0.25, 0.3) is 0 Å². The van der Waals surface area contributed by atoms with Crippen molar-refractivity contribution in [2.45, 2.75) is 36.7 Å². The second-order valence-electron chi connectivity index (χ2n) is 7.08. The molecule has 0 amide bonds. The van der Waals surface area contributed by atoms with Gasteiger partial charge in [0.2, 0.25) is 0 Å². The van der Waals surface area contributed by atoms with Gasteiger partial charge in [-0.2, -0.15) is 13.6 Å². The summed E-state index contributed by atoms with van der Waals surface area (Å²) in [4.78, 5) is 12.9. The minimum atomic E-state index is -4.46. The molecule has 150 valence electrons. The number of carbonyl (C=O) groups excluding carboxylic acids is 1. The summed E-state index contributed by atoms with van der Waals surface area (Å²) in [5.41, 5.74) is -1.03. The molecule has 0 saturated heterocycles. The van der Waals surface area contributed by atoms with E-state index in [-0.39, 0.29) is 25.7 Å². The topological polar surface area (TPSA) is 116 Å². The molecule has 0 aromatic heterocycles. The van der Waals surface area contributed by atoms with Crippen LogP contribution in [0.2, 0.25) is 0 Å². The summed E-state index contributed by atoms with van der Waals surface area (Å²) in [7, 11) is -2.96. The lowest BCUT2D eigenvalue weighted by molar-refractivity contribution is -0.144. The van der Waals surface area contributed by atoms with Crippen LogP contribution in [-0.2, 0) is 30.3 Å². The molecule has 7 nitrogen and oxygen atoms in total. The average Bonchev–Trinajstić information content (AvgIpc) is 2.68. The monoisotopic (exact) mass is 405 g/mol. The SMILES string of the molecule is COc1cccc(C2(C(=O)OS(N)(=O)=O)CCC(O)(c3ccccc3)CC2)c1. The Kier molecular flexibility index (Phi) is 5.47. The summed E-state index contributed by atoms with van der Waals surface area (Å²) in [6.07, 6.45) is 0.904. The van der Waals surface area contributed by atoms with Crippen LogP contribution in [0.5, 0.6) is 5.75 Å². The fourth-order valence-corrected chi connectivity index (χ4v) is 4.21. The van der Waals surface area contributed by atoms with Gasteiger partial charge < -0.3 is 14.0 Å². The number of hydrogen-bond donors (Lipinski definition) is 2. The molecule has 28 heavy (non-hydrogen) atoms. The van der Waals surface area contributed by atoms with Crippen molar-refractivity contribution in [3.63, 3.8) is 0 Å². The van der Waals surface area contributed by atoms with E-state index in [0.29, 0.717) is 11.3 Å². The number of benzene rings is 2. The van der Waals surface area contributed by atoms with Crippen LogP contribution >= 0.6 is 0 Å². The van der Waals surface area contributed by atoms with Crippen molar-refractivity contribution in [1.29, 1.82) is 0 Å². The van der Waals surface area contributed by atoms with Gasteiger partial charge in [-0.05, 0) is 48.9 Å². The van der Waals surface area contributed by atoms with E-state index in [1.165, 1.54) is 7.11 Å². The molecule has 0 radical (unpaired) electrons. The number of nitrogens with two attached hydrogens (primary N) is 1. The van der Waals surface area contributed by atoms with Gasteiger partial charge in [0.1, 0.15) is 5.75 Å². The lowest BCUT2D eigenvalue weighted by atomic mass is 9.64. The second-order valence-corrected chi connectivity index (χ2v) is 8.23. The van der Waals surface area contributed by atoms with Crippen molar-refractivity contribution in [1.82, 2.24) is 0 Å². The Morgan fingerprint density at radius 3 is 2.18 bits per heavy atom. The van der Waals surface area contributed by atoms with Crippen molar-refractivity contribution >= 4 is 16.3 Å². The summed E-state index contributed by atoms with van der Waals surface area (Å²) in [5, 5.41) is 16.1. The van der Waals surface area contributed by atoms with E-state index in [9.17, 15) is 18.3 Å². The van der Waals surface area contributed by atoms with Gasteiger partial charge in [-0.3, -0.25) is 0 Å². The number of ether oxygens (including phenoxy) is 1. The molecule has 1 saturated carbocycles. The fraction of sp³-hybridized carbons (Fsp3) is 0.350. The molecular weight excluding hydrogens is 382 g/mol. The van der Waals surface area contributed by atoms with Gasteiger partial charge in [0.15, 0.2) is 0 Å². The molecule has 0 unspecified atom stereocenters. The van der Waals surface area contributed by atoms with Gasteiger partial charge in [0.05, 0.1) is 18.1 Å². The smallest absolute Gasteiger partial charge is 0.382 e. The maximum absolute atomic E-state index is 12.9. The number of rotatable bonds is 5. The molecule has 3 N–H and O–H groups in total. The summed E-state index contributed by atoms with van der Waals surface area (Å²) in [6.45, 7) is 0. The first-order valence-corrected chi connectivity index (χ1v) is 10.3. The van der Waals surface area contributed by atoms with Crippen LogP contribution in [0.3, 0.4) is 0 Å². The van der Waals surface area contributed by atoms with Crippen molar-refractivity contribution in [2.24, 2.45) is 5.14 Å². The second kappa shape index (κ2) is 7.54. The van der Waals surface area contributed by atoms with Gasteiger partial charge in [-0.1, -0.05) is 42.5 Å². The molecule has 1 aliphatic rings. The first-order valence-electron chi connectivity index (χ1n) is 8.88. The molecule has 2 aromatic rings. The predicted octanol–water partition coefficient (Wildman–Crippen LogP) is 2.14. The van der Waals surface area contributed by atoms with E-state index in [1.54, 1.807) is 24.3 Å². The van der Waals surface area contributed by atoms with Crippen LogP contribution in [0.25, 0.3) is 0 Å². The fourth-order valence-electron chi connectivity index (χ4n) is 3.84. The van der Waals surface area contributed by atoms with E-state index in [2.05, 4.69) is 4.18 Å². The molecule has 1 aliphatic carbocycles. The molecule has 0 atom stereocenters. The molecule has 0 spiro atoms. The van der Waals surface area contributed by atoms with E-state index in [0.717, 1.165) is 5.56 Å². The van der Waals surface area contributed by atoms with Crippen LogP contribution in [0.4, 0.5) is 0 Å². The third-order valence-electron chi connectivity index (χ3n) is 5.45. The molecular formula is C20H23NO6S. The highest BCUT2D eigenvalue weighted by Crippen LogP contribution is 2.48. The maximum Gasteiger partial charge on any atom is 0.382 e. The Hall–Kier alpha value is -2.42. The Morgan fingerprint density at radius 1 is 1.00 bits per heavy atom. The summed E-state index contributed by atoms with van der Waals surface area (Å²) in [5.74, 6) is -0.414. The molecule has 8 heteroatoms. The van der Waals surface area contributed by atoms with Gasteiger partial charge in [0, 0.05) is 0 Å². The zero-order valence-electron chi connectivity index (χ0n) is 15.5. The van der Waals surface area contributed by atoms with Crippen molar-refractivity contribution in [3.05, 3.63) is 65.7 Å². The molecule has 3 rings (SSSR count). The molecule has 0 aliphatic heterocycles. The highest BCUT2D eigenvalue weighted by atomic mass is 32.2. The number of aliphatic hydroxyl groups is 1. The van der Waals surface area contributed by atoms with Crippen LogP contribution in [-0.4, -0.2) is 26.6 Å². The zero-order chi connectivity index (χ0) is 20.4. The van der Waals surface area contributed by atoms with Crippen molar-refractivity contribution < 1.29 is 27.2 Å². The van der Waals surface area contributed by atoms with Gasteiger partial charge >= 0.3 is 16.3 Å². The lowest BCUT2D eigenvalue weighted by Crippen LogP contribution is -2.46. The van der Waals surface area contributed by atoms with Crippen LogP contribution in [0.1, 0.15) is 36.8 Å². The normalized spacial score (nSPS) is 25.1. The lowest BCUT2D eigenvalue weighted by Gasteiger charge is -2.42. The van der Waals surface area contributed by atoms with E-state index >= 15 is 0 Å². The van der Waals surface area contributed by atoms with Crippen LogP contribution in [0.15, 0.2) is 54.6 Å². The number of methoxy groups -OCH3 is 1. The molecule has 2 aromatic carbocycles. The molecule has 0 heterocycles. The summed E-state index contributed by atoms with van der Waals surface area (Å²) >= 11 is 0. The minimum Gasteiger partial charge on any atom is -0.497 e.